The van der Waals surface area contributed by atoms with Crippen molar-refractivity contribution in [2.75, 3.05) is 18.4 Å². The molecule has 0 aliphatic carbocycles. The number of nitrogens with one attached hydrogen (secondary N) is 1. The van der Waals surface area contributed by atoms with Crippen LogP contribution in [0.5, 0.6) is 0 Å². The first-order valence-corrected chi connectivity index (χ1v) is 11.8. The molecule has 4 nitrogen and oxygen atoms in total. The molecule has 6 rings (SSSR count). The molecule has 1 aromatic heterocycles. The van der Waals surface area contributed by atoms with E-state index in [-0.39, 0.29) is 5.48 Å². The van der Waals surface area contributed by atoms with Gasteiger partial charge in [0.15, 0.2) is 0 Å². The molecular formula is C29H31N3O. The van der Waals surface area contributed by atoms with Crippen molar-refractivity contribution < 1.29 is 5.48 Å². The van der Waals surface area contributed by atoms with E-state index in [2.05, 4.69) is 88.9 Å². The van der Waals surface area contributed by atoms with Gasteiger partial charge in [-0.15, -0.1) is 0 Å². The van der Waals surface area contributed by atoms with Crippen LogP contribution in [-0.4, -0.2) is 40.5 Å². The zero-order valence-corrected chi connectivity index (χ0v) is 19.1. The van der Waals surface area contributed by atoms with E-state index in [9.17, 15) is 0 Å². The monoisotopic (exact) mass is 437 g/mol. The van der Waals surface area contributed by atoms with E-state index in [1.165, 1.54) is 45.7 Å². The van der Waals surface area contributed by atoms with Gasteiger partial charge in [0.1, 0.15) is 0 Å². The van der Waals surface area contributed by atoms with Crippen LogP contribution < -0.4 is 5.32 Å². The van der Waals surface area contributed by atoms with E-state index in [0.717, 1.165) is 30.7 Å². The first kappa shape index (κ1) is 21.6. The van der Waals surface area contributed by atoms with Crippen molar-refractivity contribution in [1.82, 2.24) is 9.88 Å². The summed E-state index contributed by atoms with van der Waals surface area (Å²) < 4.78 is 0. The minimum absolute atomic E-state index is 0. The molecule has 0 spiro atoms. The van der Waals surface area contributed by atoms with Gasteiger partial charge in [-0.3, -0.25) is 9.88 Å². The summed E-state index contributed by atoms with van der Waals surface area (Å²) in [6.07, 6.45) is 8.15. The second-order valence-electron chi connectivity index (χ2n) is 9.31. The van der Waals surface area contributed by atoms with Gasteiger partial charge in [0.2, 0.25) is 0 Å². The van der Waals surface area contributed by atoms with E-state index in [1.807, 2.05) is 12.3 Å². The Morgan fingerprint density at radius 1 is 0.939 bits per heavy atom. The minimum atomic E-state index is 0. The first-order valence-electron chi connectivity index (χ1n) is 11.8. The van der Waals surface area contributed by atoms with Crippen LogP contribution in [0, 0.1) is 6.92 Å². The highest BCUT2D eigenvalue weighted by atomic mass is 16.0. The number of benzene rings is 3. The lowest BCUT2D eigenvalue weighted by molar-refractivity contribution is 0.221. The Morgan fingerprint density at radius 3 is 2.67 bits per heavy atom. The second-order valence-corrected chi connectivity index (χ2v) is 9.31. The number of rotatable bonds is 5. The summed E-state index contributed by atoms with van der Waals surface area (Å²) in [5, 5.41) is 7.55. The minimum Gasteiger partial charge on any atom is -0.412 e. The average Bonchev–Trinajstić information content (AvgIpc) is 3.05. The molecule has 4 aromatic rings. The Hall–Kier alpha value is -3.21. The lowest BCUT2D eigenvalue weighted by Gasteiger charge is -2.34. The Morgan fingerprint density at radius 2 is 1.79 bits per heavy atom. The summed E-state index contributed by atoms with van der Waals surface area (Å²) in [4.78, 5) is 7.32. The zero-order chi connectivity index (χ0) is 21.5. The zero-order valence-electron chi connectivity index (χ0n) is 19.1. The summed E-state index contributed by atoms with van der Waals surface area (Å²) in [5.74, 6) is 0. The van der Waals surface area contributed by atoms with E-state index in [0.29, 0.717) is 12.1 Å². The molecule has 3 N–H and O–H groups in total. The van der Waals surface area contributed by atoms with E-state index in [1.54, 1.807) is 0 Å². The number of aromatic nitrogens is 1. The number of pyridine rings is 1. The van der Waals surface area contributed by atoms with Gasteiger partial charge < -0.3 is 10.8 Å². The Labute approximate surface area is 195 Å². The van der Waals surface area contributed by atoms with Crippen molar-refractivity contribution in [3.05, 3.63) is 90.1 Å². The molecule has 1 fully saturated rings. The lowest BCUT2D eigenvalue weighted by Crippen LogP contribution is -2.41. The number of hydrogen-bond acceptors (Lipinski definition) is 3. The maximum absolute atomic E-state index is 4.61. The molecule has 2 bridgehead atoms. The van der Waals surface area contributed by atoms with Gasteiger partial charge in [0.05, 0.1) is 11.2 Å². The first-order chi connectivity index (χ1) is 15.7. The van der Waals surface area contributed by atoms with Crippen LogP contribution in [-0.2, 0) is 0 Å². The van der Waals surface area contributed by atoms with E-state index < -0.39 is 0 Å². The summed E-state index contributed by atoms with van der Waals surface area (Å²) in [5.41, 5.74) is 6.42. The van der Waals surface area contributed by atoms with Crippen LogP contribution in [0.25, 0.3) is 27.2 Å². The fraction of sp³-hybridized carbons (Fsp3) is 0.276. The summed E-state index contributed by atoms with van der Waals surface area (Å²) in [6.45, 7) is 4.17. The van der Waals surface area contributed by atoms with Crippen molar-refractivity contribution in [3.63, 3.8) is 0 Å². The van der Waals surface area contributed by atoms with E-state index >= 15 is 0 Å². The number of hydrogen-bond donors (Lipinski definition) is 1. The van der Waals surface area contributed by atoms with Crippen molar-refractivity contribution in [3.8, 4) is 0 Å². The Kier molecular flexibility index (Phi) is 5.88. The molecule has 4 heteroatoms. The molecule has 168 valence electrons. The third kappa shape index (κ3) is 4.12. The van der Waals surface area contributed by atoms with Crippen molar-refractivity contribution in [1.29, 1.82) is 0 Å². The summed E-state index contributed by atoms with van der Waals surface area (Å²) >= 11 is 0. The molecule has 0 amide bonds. The highest BCUT2D eigenvalue weighted by Gasteiger charge is 2.36. The predicted octanol–water partition coefficient (Wildman–Crippen LogP) is 5.60. The normalized spacial score (nSPS) is 20.0. The van der Waals surface area contributed by atoms with Crippen LogP contribution >= 0.6 is 0 Å². The molecule has 0 saturated carbocycles. The van der Waals surface area contributed by atoms with Crippen LogP contribution in [0.2, 0.25) is 0 Å². The molecule has 2 aliphatic heterocycles. The smallest absolute Gasteiger partial charge is 0.0933 e. The predicted molar refractivity (Wildman–Crippen MR) is 139 cm³/mol. The number of aryl methyl sites for hydroxylation is 1. The van der Waals surface area contributed by atoms with E-state index in [4.69, 9.17) is 0 Å². The van der Waals surface area contributed by atoms with Crippen molar-refractivity contribution in [2.45, 2.75) is 38.3 Å². The molecule has 3 heterocycles. The molecule has 2 aliphatic rings. The maximum atomic E-state index is 4.61. The molecular weight excluding hydrogens is 406 g/mol. The van der Waals surface area contributed by atoms with Gasteiger partial charge in [-0.05, 0) is 77.9 Å². The van der Waals surface area contributed by atoms with Crippen LogP contribution in [0.4, 0.5) is 5.69 Å². The number of anilines is 1. The topological polar surface area (TPSA) is 59.7 Å². The lowest BCUT2D eigenvalue weighted by atomic mass is 9.93. The Bertz CT molecular complexity index is 1330. The van der Waals surface area contributed by atoms with Gasteiger partial charge in [0, 0.05) is 36.8 Å². The Balaban J connectivity index is 0.00000228. The molecule has 0 radical (unpaired) electrons. The third-order valence-corrected chi connectivity index (χ3v) is 7.19. The van der Waals surface area contributed by atoms with Gasteiger partial charge in [-0.1, -0.05) is 48.5 Å². The molecule has 33 heavy (non-hydrogen) atoms. The highest BCUT2D eigenvalue weighted by molar-refractivity contribution is 5.91. The standard InChI is InChI=1S/C29H29N3.H2O/c1-20-15-24-7-4-12-31-29(24)28(16-20)30-13-14-32-26-10-11-27(32)19-25(18-26)23-9-8-21-5-2-3-6-22(21)17-23;/h2-9,12,15-18,26-27,30H,10-11,13-14,19H2,1H3;1H2. The quantitative estimate of drug-likeness (QED) is 0.442. The molecule has 2 unspecified atom stereocenters. The fourth-order valence-electron chi connectivity index (χ4n) is 5.67. The van der Waals surface area contributed by atoms with Gasteiger partial charge in [-0.25, -0.2) is 0 Å². The second kappa shape index (κ2) is 8.97. The maximum Gasteiger partial charge on any atom is 0.0933 e. The van der Waals surface area contributed by atoms with Crippen LogP contribution in [0.3, 0.4) is 0 Å². The molecule has 2 atom stereocenters. The van der Waals surface area contributed by atoms with Crippen LogP contribution in [0.1, 0.15) is 30.4 Å². The fourth-order valence-corrected chi connectivity index (χ4v) is 5.67. The summed E-state index contributed by atoms with van der Waals surface area (Å²) in [6, 6.07) is 25.4. The third-order valence-electron chi connectivity index (χ3n) is 7.19. The van der Waals surface area contributed by atoms with Gasteiger partial charge >= 0.3 is 0 Å². The van der Waals surface area contributed by atoms with Gasteiger partial charge in [-0.2, -0.15) is 0 Å². The highest BCUT2D eigenvalue weighted by Crippen LogP contribution is 2.39. The molecule has 1 saturated heterocycles. The van der Waals surface area contributed by atoms with Gasteiger partial charge in [0.25, 0.3) is 0 Å². The molecule has 3 aromatic carbocycles. The van der Waals surface area contributed by atoms with Crippen LogP contribution in [0.15, 0.2) is 79.0 Å². The SMILES string of the molecule is Cc1cc(NCCN2C3C=C(c4ccc5ccccc5c4)CC2CC3)c2ncccc2c1.O. The number of nitrogens with zero attached hydrogens (tertiary/aromatic N) is 2. The van der Waals surface area contributed by atoms with Crippen molar-refractivity contribution >= 4 is 32.9 Å². The van der Waals surface area contributed by atoms with Crippen molar-refractivity contribution in [2.24, 2.45) is 0 Å². The largest absolute Gasteiger partial charge is 0.412 e. The number of fused-ring (bicyclic) bond motifs is 4. The average molecular weight is 438 g/mol. The summed E-state index contributed by atoms with van der Waals surface area (Å²) in [7, 11) is 0.